The van der Waals surface area contributed by atoms with Gasteiger partial charge in [-0.05, 0) is 12.1 Å². The van der Waals surface area contributed by atoms with E-state index in [0.717, 1.165) is 5.76 Å². The van der Waals surface area contributed by atoms with Gasteiger partial charge in [0, 0.05) is 18.4 Å². The Morgan fingerprint density at radius 2 is 2.46 bits per heavy atom. The number of hydrogen-bond donors (Lipinski definition) is 0. The summed E-state index contributed by atoms with van der Waals surface area (Å²) in [5.74, 6) is 0.559. The first-order valence-corrected chi connectivity index (χ1v) is 4.17. The van der Waals surface area contributed by atoms with Crippen molar-refractivity contribution in [3.63, 3.8) is 0 Å². The van der Waals surface area contributed by atoms with Crippen LogP contribution in [0.5, 0.6) is 0 Å². The summed E-state index contributed by atoms with van der Waals surface area (Å²) in [6, 6.07) is 3.69. The Labute approximate surface area is 76.0 Å². The second-order valence-corrected chi connectivity index (χ2v) is 3.12. The lowest BCUT2D eigenvalue weighted by Gasteiger charge is -2.04. The molecule has 3 heteroatoms. The number of carbonyl (C=O) groups excluding carboxylic acids is 1. The van der Waals surface area contributed by atoms with E-state index < -0.39 is 0 Å². The molecule has 0 aliphatic carbocycles. The third kappa shape index (κ3) is 1.64. The Morgan fingerprint density at radius 3 is 3.00 bits per heavy atom. The highest BCUT2D eigenvalue weighted by Gasteiger charge is 2.27. The van der Waals surface area contributed by atoms with E-state index >= 15 is 0 Å². The van der Waals surface area contributed by atoms with Crippen molar-refractivity contribution in [3.05, 3.63) is 36.3 Å². The lowest BCUT2D eigenvalue weighted by atomic mass is 10.1. The first kappa shape index (κ1) is 8.10. The maximum atomic E-state index is 11.0. The lowest BCUT2D eigenvalue weighted by molar-refractivity contribution is -0.138. The zero-order valence-corrected chi connectivity index (χ0v) is 7.16. The minimum Gasteiger partial charge on any atom is -0.469 e. The molecule has 0 radical (unpaired) electrons. The number of hydrogen-bond acceptors (Lipinski definition) is 3. The Kier molecular flexibility index (Phi) is 1.93. The van der Waals surface area contributed by atoms with Crippen molar-refractivity contribution < 1.29 is 13.9 Å². The SMILES string of the molecule is C=C1CC(Cc2ccco2)OC1=O. The van der Waals surface area contributed by atoms with E-state index in [2.05, 4.69) is 6.58 Å². The van der Waals surface area contributed by atoms with Crippen LogP contribution >= 0.6 is 0 Å². The number of cyclic esters (lactones) is 1. The van der Waals surface area contributed by atoms with E-state index in [4.69, 9.17) is 9.15 Å². The summed E-state index contributed by atoms with van der Waals surface area (Å²) in [5.41, 5.74) is 0.552. The van der Waals surface area contributed by atoms with Gasteiger partial charge in [0.05, 0.1) is 6.26 Å². The fourth-order valence-electron chi connectivity index (χ4n) is 1.40. The monoisotopic (exact) mass is 178 g/mol. The average Bonchev–Trinajstić information content (AvgIpc) is 2.64. The fraction of sp³-hybridized carbons (Fsp3) is 0.300. The molecule has 1 aliphatic rings. The van der Waals surface area contributed by atoms with Crippen molar-refractivity contribution >= 4 is 5.97 Å². The second-order valence-electron chi connectivity index (χ2n) is 3.12. The third-order valence-electron chi connectivity index (χ3n) is 2.05. The van der Waals surface area contributed by atoms with Gasteiger partial charge in [-0.3, -0.25) is 0 Å². The van der Waals surface area contributed by atoms with Crippen LogP contribution in [0.1, 0.15) is 12.2 Å². The third-order valence-corrected chi connectivity index (χ3v) is 2.05. The van der Waals surface area contributed by atoms with Crippen LogP contribution in [0.2, 0.25) is 0 Å². The summed E-state index contributed by atoms with van der Waals surface area (Å²) >= 11 is 0. The van der Waals surface area contributed by atoms with Crippen molar-refractivity contribution in [2.75, 3.05) is 0 Å². The number of rotatable bonds is 2. The minimum absolute atomic E-state index is 0.0915. The van der Waals surface area contributed by atoms with Crippen LogP contribution in [-0.4, -0.2) is 12.1 Å². The van der Waals surface area contributed by atoms with Crippen LogP contribution in [0.4, 0.5) is 0 Å². The maximum absolute atomic E-state index is 11.0. The highest BCUT2D eigenvalue weighted by molar-refractivity contribution is 5.89. The molecule has 1 fully saturated rings. The van der Waals surface area contributed by atoms with Crippen LogP contribution in [0.15, 0.2) is 35.0 Å². The summed E-state index contributed by atoms with van der Waals surface area (Å²) in [7, 11) is 0. The summed E-state index contributed by atoms with van der Waals surface area (Å²) in [4.78, 5) is 11.0. The van der Waals surface area contributed by atoms with Gasteiger partial charge in [0.15, 0.2) is 0 Å². The molecule has 0 N–H and O–H groups in total. The quantitative estimate of drug-likeness (QED) is 0.511. The van der Waals surface area contributed by atoms with Crippen molar-refractivity contribution in [1.82, 2.24) is 0 Å². The molecule has 0 aromatic carbocycles. The van der Waals surface area contributed by atoms with Crippen LogP contribution in [0.25, 0.3) is 0 Å². The molecule has 13 heavy (non-hydrogen) atoms. The molecule has 0 amide bonds. The van der Waals surface area contributed by atoms with Crippen molar-refractivity contribution in [3.8, 4) is 0 Å². The van der Waals surface area contributed by atoms with Gasteiger partial charge >= 0.3 is 5.97 Å². The van der Waals surface area contributed by atoms with E-state index in [9.17, 15) is 4.79 Å². The first-order valence-electron chi connectivity index (χ1n) is 4.17. The molecule has 1 unspecified atom stereocenters. The smallest absolute Gasteiger partial charge is 0.333 e. The van der Waals surface area contributed by atoms with Crippen LogP contribution in [0.3, 0.4) is 0 Å². The van der Waals surface area contributed by atoms with E-state index in [-0.39, 0.29) is 12.1 Å². The van der Waals surface area contributed by atoms with Crippen LogP contribution in [0, 0.1) is 0 Å². The molecular weight excluding hydrogens is 168 g/mol. The second kappa shape index (κ2) is 3.09. The molecule has 1 saturated heterocycles. The van der Waals surface area contributed by atoms with E-state index in [0.29, 0.717) is 18.4 Å². The number of carbonyl (C=O) groups is 1. The number of furan rings is 1. The van der Waals surface area contributed by atoms with Crippen LogP contribution < -0.4 is 0 Å². The topological polar surface area (TPSA) is 39.4 Å². The summed E-state index contributed by atoms with van der Waals surface area (Å²) in [6.07, 6.45) is 2.77. The molecule has 0 saturated carbocycles. The molecular formula is C10H10O3. The molecule has 2 heterocycles. The molecule has 1 aromatic rings. The first-order chi connectivity index (χ1) is 6.25. The predicted molar refractivity (Wildman–Crippen MR) is 46.0 cm³/mol. The lowest BCUT2D eigenvalue weighted by Crippen LogP contribution is -2.09. The Bertz CT molecular complexity index is 308. The predicted octanol–water partition coefficient (Wildman–Crippen LogP) is 1.69. The average molecular weight is 178 g/mol. The summed E-state index contributed by atoms with van der Waals surface area (Å²) < 4.78 is 10.2. The zero-order valence-electron chi connectivity index (χ0n) is 7.16. The normalized spacial score (nSPS) is 22.0. The van der Waals surface area contributed by atoms with Gasteiger partial charge in [0.25, 0.3) is 0 Å². The fourth-order valence-corrected chi connectivity index (χ4v) is 1.40. The number of ether oxygens (including phenoxy) is 1. The Hall–Kier alpha value is -1.51. The molecule has 0 spiro atoms. The van der Waals surface area contributed by atoms with E-state index in [1.807, 2.05) is 12.1 Å². The highest BCUT2D eigenvalue weighted by Crippen LogP contribution is 2.21. The van der Waals surface area contributed by atoms with Crippen molar-refractivity contribution in [2.24, 2.45) is 0 Å². The zero-order chi connectivity index (χ0) is 9.26. The molecule has 1 aliphatic heterocycles. The van der Waals surface area contributed by atoms with Gasteiger partial charge in [-0.1, -0.05) is 6.58 Å². The maximum Gasteiger partial charge on any atom is 0.333 e. The molecule has 0 bridgehead atoms. The van der Waals surface area contributed by atoms with Gasteiger partial charge in [-0.2, -0.15) is 0 Å². The van der Waals surface area contributed by atoms with Gasteiger partial charge in [-0.25, -0.2) is 4.79 Å². The van der Waals surface area contributed by atoms with Crippen LogP contribution in [-0.2, 0) is 16.0 Å². The van der Waals surface area contributed by atoms with Gasteiger partial charge in [0.1, 0.15) is 11.9 Å². The standard InChI is InChI=1S/C10H10O3/c1-7-5-9(13-10(7)11)6-8-3-2-4-12-8/h2-4,9H,1,5-6H2. The van der Waals surface area contributed by atoms with Gasteiger partial charge < -0.3 is 9.15 Å². The molecule has 68 valence electrons. The summed E-state index contributed by atoms with van der Waals surface area (Å²) in [5, 5.41) is 0. The minimum atomic E-state index is -0.281. The van der Waals surface area contributed by atoms with E-state index in [1.165, 1.54) is 0 Å². The largest absolute Gasteiger partial charge is 0.469 e. The van der Waals surface area contributed by atoms with Crippen molar-refractivity contribution in [1.29, 1.82) is 0 Å². The summed E-state index contributed by atoms with van der Waals surface area (Å²) in [6.45, 7) is 3.61. The van der Waals surface area contributed by atoms with Gasteiger partial charge in [0.2, 0.25) is 0 Å². The number of esters is 1. The highest BCUT2D eigenvalue weighted by atomic mass is 16.5. The molecule has 1 aromatic heterocycles. The van der Waals surface area contributed by atoms with Gasteiger partial charge in [-0.15, -0.1) is 0 Å². The molecule has 2 rings (SSSR count). The van der Waals surface area contributed by atoms with E-state index in [1.54, 1.807) is 6.26 Å². The molecule has 3 nitrogen and oxygen atoms in total. The Balaban J connectivity index is 1.98. The Morgan fingerprint density at radius 1 is 1.62 bits per heavy atom. The molecule has 1 atom stereocenters. The van der Waals surface area contributed by atoms with Crippen molar-refractivity contribution in [2.45, 2.75) is 18.9 Å².